The van der Waals surface area contributed by atoms with Gasteiger partial charge in [-0.15, -0.1) is 0 Å². The molecule has 2 aromatic carbocycles. The summed E-state index contributed by atoms with van der Waals surface area (Å²) in [5.41, 5.74) is 0. The fourth-order valence-corrected chi connectivity index (χ4v) is 9.01. The Morgan fingerprint density at radius 3 is 1.55 bits per heavy atom. The van der Waals surface area contributed by atoms with Gasteiger partial charge in [-0.2, -0.15) is 0 Å². The Morgan fingerprint density at radius 2 is 1.08 bits per heavy atom. The minimum absolute atomic E-state index is 0.297. The summed E-state index contributed by atoms with van der Waals surface area (Å²) >= 11 is 0. The molecule has 216 valence electrons. The standard InChI is InChI=1S/C30H50O6P2/c1-27(2)19-11-6-5-7-18-26-38(36-37(31)32,34-29-21-13-8-14-22-29,35-30-23-15-9-16-24-30)33-25-17-10-12-20-28(3)4/h8-9,13-16,21-24,27-28,31-32H,5-7,10-12,17-20,25-26H2,1-4H3. The molecule has 0 unspecified atom stereocenters. The first kappa shape index (κ1) is 32.9. The third kappa shape index (κ3) is 12.7. The summed E-state index contributed by atoms with van der Waals surface area (Å²) in [7, 11) is -7.36. The van der Waals surface area contributed by atoms with Gasteiger partial charge in [0.05, 0.1) is 0 Å². The van der Waals surface area contributed by atoms with E-state index in [4.69, 9.17) is 17.9 Å². The zero-order chi connectivity index (χ0) is 27.7. The van der Waals surface area contributed by atoms with Crippen molar-refractivity contribution in [3.63, 3.8) is 0 Å². The van der Waals surface area contributed by atoms with E-state index < -0.39 is 16.1 Å². The molecule has 0 bridgehead atoms. The normalized spacial score (nSPS) is 13.1. The van der Waals surface area contributed by atoms with Crippen LogP contribution in [-0.4, -0.2) is 22.6 Å². The van der Waals surface area contributed by atoms with Crippen molar-refractivity contribution >= 4 is 16.1 Å². The summed E-state index contributed by atoms with van der Waals surface area (Å²) in [6.07, 6.45) is 10.7. The number of unbranched alkanes of at least 4 members (excludes halogenated alkanes) is 6. The molecule has 38 heavy (non-hydrogen) atoms. The molecular weight excluding hydrogens is 518 g/mol. The number of hydrogen-bond donors (Lipinski definition) is 2. The number of hydrogen-bond acceptors (Lipinski definition) is 6. The molecule has 0 aliphatic carbocycles. The third-order valence-electron chi connectivity index (χ3n) is 6.35. The van der Waals surface area contributed by atoms with E-state index >= 15 is 0 Å². The minimum atomic E-state index is -4.54. The van der Waals surface area contributed by atoms with E-state index in [9.17, 15) is 9.79 Å². The Hall–Kier alpha value is -1.26. The molecule has 0 atom stereocenters. The second-order valence-electron chi connectivity index (χ2n) is 10.9. The summed E-state index contributed by atoms with van der Waals surface area (Å²) in [6.45, 7) is 9.31. The molecule has 2 rings (SSSR count). The Balaban J connectivity index is 2.31. The van der Waals surface area contributed by atoms with E-state index in [0.29, 0.717) is 36.1 Å². The average Bonchev–Trinajstić information content (AvgIpc) is 2.86. The van der Waals surface area contributed by atoms with Crippen LogP contribution in [0.4, 0.5) is 0 Å². The molecule has 0 heterocycles. The van der Waals surface area contributed by atoms with E-state index in [1.807, 2.05) is 60.7 Å². The molecular formula is C30H50O6P2. The summed E-state index contributed by atoms with van der Waals surface area (Å²) in [4.78, 5) is 20.5. The van der Waals surface area contributed by atoms with Crippen molar-refractivity contribution in [3.05, 3.63) is 60.7 Å². The van der Waals surface area contributed by atoms with Gasteiger partial charge >= 0.3 is 232 Å². The topological polar surface area (TPSA) is 77.4 Å². The molecule has 0 amide bonds. The second kappa shape index (κ2) is 17.4. The van der Waals surface area contributed by atoms with Crippen molar-refractivity contribution < 1.29 is 27.7 Å². The van der Waals surface area contributed by atoms with Crippen LogP contribution in [0.15, 0.2) is 60.7 Å². The molecule has 0 aromatic heterocycles. The average molecular weight is 569 g/mol. The quantitative estimate of drug-likeness (QED) is 0.115. The van der Waals surface area contributed by atoms with Gasteiger partial charge in [0.15, 0.2) is 0 Å². The van der Waals surface area contributed by atoms with Crippen molar-refractivity contribution in [1.82, 2.24) is 0 Å². The molecule has 0 fully saturated rings. The van der Waals surface area contributed by atoms with Gasteiger partial charge in [-0.3, -0.25) is 0 Å². The number of rotatable bonds is 21. The predicted molar refractivity (Wildman–Crippen MR) is 160 cm³/mol. The Bertz CT molecular complexity index is 822. The van der Waals surface area contributed by atoms with Crippen LogP contribution in [0.5, 0.6) is 11.5 Å². The summed E-state index contributed by atoms with van der Waals surface area (Å²) in [6, 6.07) is 18.5. The number of benzene rings is 2. The van der Waals surface area contributed by atoms with E-state index in [-0.39, 0.29) is 0 Å². The van der Waals surface area contributed by atoms with Gasteiger partial charge in [0.1, 0.15) is 0 Å². The Morgan fingerprint density at radius 1 is 0.632 bits per heavy atom. The first-order valence-electron chi connectivity index (χ1n) is 14.3. The molecule has 0 saturated heterocycles. The van der Waals surface area contributed by atoms with Gasteiger partial charge in [0, 0.05) is 0 Å². The van der Waals surface area contributed by atoms with Crippen LogP contribution >= 0.6 is 16.1 Å². The molecule has 6 nitrogen and oxygen atoms in total. The van der Waals surface area contributed by atoms with Crippen molar-refractivity contribution in [2.75, 3.05) is 12.8 Å². The van der Waals surface area contributed by atoms with Gasteiger partial charge < -0.3 is 0 Å². The Labute approximate surface area is 232 Å². The third-order valence-corrected chi connectivity index (χ3v) is 11.1. The van der Waals surface area contributed by atoms with Gasteiger partial charge in [-0.1, -0.05) is 0 Å². The zero-order valence-electron chi connectivity index (χ0n) is 23.8. The van der Waals surface area contributed by atoms with Crippen molar-refractivity contribution in [3.8, 4) is 11.5 Å². The van der Waals surface area contributed by atoms with E-state index in [1.54, 1.807) is 0 Å². The van der Waals surface area contributed by atoms with Crippen LogP contribution in [0.25, 0.3) is 0 Å². The molecule has 2 N–H and O–H groups in total. The van der Waals surface area contributed by atoms with Gasteiger partial charge in [-0.25, -0.2) is 0 Å². The van der Waals surface area contributed by atoms with Crippen LogP contribution < -0.4 is 9.05 Å². The van der Waals surface area contributed by atoms with Crippen LogP contribution in [0, 0.1) is 11.8 Å². The van der Waals surface area contributed by atoms with Gasteiger partial charge in [0.25, 0.3) is 0 Å². The summed E-state index contributed by atoms with van der Waals surface area (Å²) < 4.78 is 25.7. The summed E-state index contributed by atoms with van der Waals surface area (Å²) in [5, 5.41) is 0. The van der Waals surface area contributed by atoms with Crippen LogP contribution in [-0.2, 0) is 8.83 Å². The van der Waals surface area contributed by atoms with Crippen LogP contribution in [0.3, 0.4) is 0 Å². The molecule has 0 radical (unpaired) electrons. The maximum absolute atomic E-state index is 10.2. The number of para-hydroxylation sites is 2. The zero-order valence-corrected chi connectivity index (χ0v) is 25.6. The Kier molecular flexibility index (Phi) is 15.1. The molecule has 0 saturated carbocycles. The molecule has 0 aliphatic rings. The fraction of sp³-hybridized carbons (Fsp3) is 0.600. The first-order valence-corrected chi connectivity index (χ1v) is 17.5. The van der Waals surface area contributed by atoms with Crippen molar-refractivity contribution in [2.45, 2.75) is 91.9 Å². The SMILES string of the molecule is CC(C)CCCCCCCP(OCCCCCC(C)C)(Oc1ccccc1)(Oc1ccccc1)OP(O)O. The second-order valence-corrected chi connectivity index (χ2v) is 15.0. The van der Waals surface area contributed by atoms with Crippen LogP contribution in [0.2, 0.25) is 0 Å². The van der Waals surface area contributed by atoms with E-state index in [1.165, 1.54) is 12.8 Å². The van der Waals surface area contributed by atoms with E-state index in [2.05, 4.69) is 27.7 Å². The molecule has 2 aromatic rings. The maximum atomic E-state index is 10.2. The van der Waals surface area contributed by atoms with Gasteiger partial charge in [-0.05, 0) is 0 Å². The van der Waals surface area contributed by atoms with Crippen molar-refractivity contribution in [2.24, 2.45) is 11.8 Å². The summed E-state index contributed by atoms with van der Waals surface area (Å²) in [5.74, 6) is 2.39. The van der Waals surface area contributed by atoms with Gasteiger partial charge in [0.2, 0.25) is 0 Å². The fourth-order valence-electron chi connectivity index (χ4n) is 4.36. The monoisotopic (exact) mass is 568 g/mol. The van der Waals surface area contributed by atoms with Crippen LogP contribution in [0.1, 0.15) is 91.9 Å². The van der Waals surface area contributed by atoms with Crippen molar-refractivity contribution in [1.29, 1.82) is 0 Å². The molecule has 8 heteroatoms. The molecule has 0 spiro atoms. The van der Waals surface area contributed by atoms with E-state index in [0.717, 1.165) is 51.4 Å². The predicted octanol–water partition coefficient (Wildman–Crippen LogP) is 9.82. The molecule has 0 aliphatic heterocycles. The first-order chi connectivity index (χ1) is 18.2.